The zero-order valence-corrected chi connectivity index (χ0v) is 5.15. The Balaban J connectivity index is 2.59. The highest BCUT2D eigenvalue weighted by Crippen LogP contribution is 2.28. The Bertz CT molecular complexity index is 281. The Kier molecular flexibility index (Phi) is 1.01. The fourth-order valence-corrected chi connectivity index (χ4v) is 0.830. The van der Waals surface area contributed by atoms with Crippen molar-refractivity contribution < 1.29 is 0 Å². The fraction of sp³-hybridized carbons (Fsp3) is 0. The van der Waals surface area contributed by atoms with E-state index in [1.807, 2.05) is 6.07 Å². The summed E-state index contributed by atoms with van der Waals surface area (Å²) in [6.07, 6.45) is 2.07. The average Bonchev–Trinajstić information content (AvgIpc) is 2.34. The van der Waals surface area contributed by atoms with Crippen LogP contribution in [0.1, 0.15) is 5.69 Å². The smallest absolute Gasteiger partial charge is 0.220 e. The van der Waals surface area contributed by atoms with Gasteiger partial charge in [-0.1, -0.05) is 0 Å². The molecule has 0 spiro atoms. The summed E-state index contributed by atoms with van der Waals surface area (Å²) in [6.45, 7) is 0. The minimum atomic E-state index is 0.399. The molecule has 2 heterocycles. The van der Waals surface area contributed by atoms with E-state index in [-0.39, 0.29) is 0 Å². The third kappa shape index (κ3) is 0.625. The van der Waals surface area contributed by atoms with Gasteiger partial charge in [-0.25, -0.2) is 0 Å². The van der Waals surface area contributed by atoms with Gasteiger partial charge in [-0.2, -0.15) is 10.2 Å². The van der Waals surface area contributed by atoms with Crippen LogP contribution in [-0.2, 0) is 0 Å². The second-order valence-corrected chi connectivity index (χ2v) is 1.96. The maximum Gasteiger partial charge on any atom is 0.220 e. The van der Waals surface area contributed by atoms with Crippen LogP contribution in [-0.4, -0.2) is 4.98 Å². The maximum absolute atomic E-state index is 5.44. The number of azo groups is 1. The van der Waals surface area contributed by atoms with E-state index in [4.69, 9.17) is 5.73 Å². The Morgan fingerprint density at radius 2 is 2.20 bits per heavy atom. The number of pyridine rings is 1. The number of aromatic nitrogens is 1. The highest BCUT2D eigenvalue weighted by molar-refractivity contribution is 5.49. The van der Waals surface area contributed by atoms with Crippen molar-refractivity contribution in [1.29, 1.82) is 0 Å². The Morgan fingerprint density at radius 1 is 1.30 bits per heavy atom. The first-order valence-corrected chi connectivity index (χ1v) is 2.87. The lowest BCUT2D eigenvalue weighted by molar-refractivity contribution is 0.986. The summed E-state index contributed by atoms with van der Waals surface area (Å²) < 4.78 is 0. The molecule has 0 fully saturated rings. The fourth-order valence-electron chi connectivity index (χ4n) is 0.830. The van der Waals surface area contributed by atoms with E-state index in [9.17, 15) is 0 Å². The average molecular weight is 133 g/mol. The molecular weight excluding hydrogens is 128 g/mol. The first-order chi connectivity index (χ1) is 4.88. The molecule has 2 rings (SSSR count). The molecule has 1 radical (unpaired) electrons. The quantitative estimate of drug-likeness (QED) is 0.573. The van der Waals surface area contributed by atoms with Crippen LogP contribution >= 0.6 is 0 Å². The minimum Gasteiger partial charge on any atom is -0.297 e. The molecule has 2 N–H and O–H groups in total. The van der Waals surface area contributed by atoms with E-state index >= 15 is 0 Å². The predicted octanol–water partition coefficient (Wildman–Crippen LogP) is 0.975. The van der Waals surface area contributed by atoms with Gasteiger partial charge in [0.2, 0.25) is 6.17 Å². The van der Waals surface area contributed by atoms with Crippen LogP contribution in [0.2, 0.25) is 0 Å². The van der Waals surface area contributed by atoms with Crippen molar-refractivity contribution in [1.82, 2.24) is 4.98 Å². The second-order valence-electron chi connectivity index (χ2n) is 1.96. The Labute approximate surface area is 57.8 Å². The first kappa shape index (κ1) is 5.49. The van der Waals surface area contributed by atoms with Crippen molar-refractivity contribution in [3.8, 4) is 0 Å². The number of rotatable bonds is 0. The molecule has 4 nitrogen and oxygen atoms in total. The molecule has 0 bridgehead atoms. The maximum atomic E-state index is 5.44. The third-order valence-electron chi connectivity index (χ3n) is 1.29. The zero-order chi connectivity index (χ0) is 6.97. The SMILES string of the molecule is N[C]1N=Nc2cccnc21. The molecule has 49 valence electrons. The van der Waals surface area contributed by atoms with Gasteiger partial charge in [0, 0.05) is 6.20 Å². The molecule has 0 aliphatic carbocycles. The number of hydrogen-bond donors (Lipinski definition) is 1. The highest BCUT2D eigenvalue weighted by atomic mass is 15.2. The summed E-state index contributed by atoms with van der Waals surface area (Å²) >= 11 is 0. The van der Waals surface area contributed by atoms with Gasteiger partial charge >= 0.3 is 0 Å². The van der Waals surface area contributed by atoms with Crippen molar-refractivity contribution in [2.75, 3.05) is 0 Å². The zero-order valence-electron chi connectivity index (χ0n) is 5.15. The normalized spacial score (nSPS) is 15.7. The summed E-state index contributed by atoms with van der Waals surface area (Å²) in [4.78, 5) is 3.99. The molecule has 0 atom stereocenters. The molecule has 0 aromatic carbocycles. The van der Waals surface area contributed by atoms with Crippen molar-refractivity contribution in [2.24, 2.45) is 16.0 Å². The van der Waals surface area contributed by atoms with E-state index in [1.165, 1.54) is 0 Å². The molecule has 1 aromatic heterocycles. The number of nitrogens with zero attached hydrogens (tertiary/aromatic N) is 3. The van der Waals surface area contributed by atoms with Crippen LogP contribution in [0.15, 0.2) is 28.6 Å². The summed E-state index contributed by atoms with van der Waals surface area (Å²) in [7, 11) is 0. The van der Waals surface area contributed by atoms with E-state index in [1.54, 1.807) is 12.3 Å². The second kappa shape index (κ2) is 1.85. The number of hydrogen-bond acceptors (Lipinski definition) is 4. The molecule has 0 amide bonds. The summed E-state index contributed by atoms with van der Waals surface area (Å²) in [5.74, 6) is 0. The lowest BCUT2D eigenvalue weighted by atomic mass is 10.3. The molecule has 10 heavy (non-hydrogen) atoms. The van der Waals surface area contributed by atoms with Crippen molar-refractivity contribution in [2.45, 2.75) is 0 Å². The number of nitrogens with two attached hydrogens (primary N) is 1. The molecule has 0 saturated carbocycles. The molecular formula is C6H5N4. The Morgan fingerprint density at radius 3 is 3.00 bits per heavy atom. The molecule has 1 aliphatic heterocycles. The third-order valence-corrected chi connectivity index (χ3v) is 1.29. The lowest BCUT2D eigenvalue weighted by Gasteiger charge is -1.94. The van der Waals surface area contributed by atoms with Crippen molar-refractivity contribution >= 4 is 5.69 Å². The van der Waals surface area contributed by atoms with Crippen LogP contribution in [0, 0.1) is 6.17 Å². The van der Waals surface area contributed by atoms with E-state index in [0.29, 0.717) is 11.9 Å². The molecule has 0 unspecified atom stereocenters. The standard InChI is InChI=1S/C6H5N4/c7-6-5-4(9-10-6)2-1-3-8-5/h1-3H,7H2. The first-order valence-electron chi connectivity index (χ1n) is 2.87. The van der Waals surface area contributed by atoms with Gasteiger partial charge < -0.3 is 0 Å². The van der Waals surface area contributed by atoms with Crippen LogP contribution in [0.25, 0.3) is 0 Å². The van der Waals surface area contributed by atoms with E-state index in [0.717, 1.165) is 5.69 Å². The van der Waals surface area contributed by atoms with Crippen LogP contribution in [0.4, 0.5) is 5.69 Å². The predicted molar refractivity (Wildman–Crippen MR) is 35.3 cm³/mol. The minimum absolute atomic E-state index is 0.399. The van der Waals surface area contributed by atoms with Gasteiger partial charge in [-0.15, -0.1) is 0 Å². The van der Waals surface area contributed by atoms with Crippen LogP contribution in [0.5, 0.6) is 0 Å². The van der Waals surface area contributed by atoms with Gasteiger partial charge in [-0.3, -0.25) is 10.7 Å². The summed E-state index contributed by atoms with van der Waals surface area (Å²) in [5, 5.41) is 7.44. The topological polar surface area (TPSA) is 63.6 Å². The lowest BCUT2D eigenvalue weighted by Crippen LogP contribution is -2.06. The molecule has 0 saturated heterocycles. The molecule has 1 aliphatic rings. The van der Waals surface area contributed by atoms with E-state index in [2.05, 4.69) is 15.2 Å². The monoisotopic (exact) mass is 133 g/mol. The van der Waals surface area contributed by atoms with Gasteiger partial charge in [0.1, 0.15) is 11.4 Å². The van der Waals surface area contributed by atoms with Crippen LogP contribution < -0.4 is 5.73 Å². The van der Waals surface area contributed by atoms with E-state index < -0.39 is 0 Å². The molecule has 1 aromatic rings. The molecule has 4 heteroatoms. The largest absolute Gasteiger partial charge is 0.297 e. The van der Waals surface area contributed by atoms with Crippen molar-refractivity contribution in [3.63, 3.8) is 0 Å². The summed E-state index contributed by atoms with van der Waals surface area (Å²) in [5.41, 5.74) is 6.87. The van der Waals surface area contributed by atoms with Gasteiger partial charge in [0.05, 0.1) is 0 Å². The highest BCUT2D eigenvalue weighted by Gasteiger charge is 2.17. The van der Waals surface area contributed by atoms with Crippen molar-refractivity contribution in [3.05, 3.63) is 30.2 Å². The van der Waals surface area contributed by atoms with Crippen LogP contribution in [0.3, 0.4) is 0 Å². The summed E-state index contributed by atoms with van der Waals surface area (Å²) in [6, 6.07) is 3.63. The number of fused-ring (bicyclic) bond motifs is 1. The van der Waals surface area contributed by atoms with Gasteiger partial charge in [-0.05, 0) is 12.1 Å². The Hall–Kier alpha value is -1.29. The van der Waals surface area contributed by atoms with Gasteiger partial charge in [0.15, 0.2) is 0 Å². The van der Waals surface area contributed by atoms with Gasteiger partial charge in [0.25, 0.3) is 0 Å².